The molecule has 6 aromatic carbocycles. The summed E-state index contributed by atoms with van der Waals surface area (Å²) in [7, 11) is 0. The third-order valence-corrected chi connectivity index (χ3v) is 10.5. The lowest BCUT2D eigenvalue weighted by Gasteiger charge is -2.21. The minimum Gasteiger partial charge on any atom is -0.309 e. The lowest BCUT2D eigenvalue weighted by Crippen LogP contribution is -2.14. The number of aromatic nitrogens is 1. The van der Waals surface area contributed by atoms with Crippen molar-refractivity contribution in [1.82, 2.24) is 4.57 Å². The van der Waals surface area contributed by atoms with Crippen molar-refractivity contribution in [3.05, 3.63) is 139 Å². The van der Waals surface area contributed by atoms with Gasteiger partial charge in [0, 0.05) is 47.6 Å². The average Bonchev–Trinajstić information content (AvgIpc) is 3.64. The second-order valence-corrected chi connectivity index (χ2v) is 12.8. The number of rotatable bonds is 2. The van der Waals surface area contributed by atoms with Gasteiger partial charge in [0.25, 0.3) is 0 Å². The summed E-state index contributed by atoms with van der Waals surface area (Å²) in [6.07, 6.45) is 0. The van der Waals surface area contributed by atoms with Gasteiger partial charge in [-0.15, -0.1) is 11.3 Å². The molecule has 0 amide bonds. The van der Waals surface area contributed by atoms with Crippen LogP contribution >= 0.6 is 11.3 Å². The SMILES string of the molecule is CC1(C)c2ccccc2-c2c1ccc1c2sc2c1ccc1c2c2ccccc2n1-c1ccc(-c2ccccc2)cc1. The van der Waals surface area contributed by atoms with Gasteiger partial charge in [-0.25, -0.2) is 0 Å². The molecule has 1 aliphatic rings. The summed E-state index contributed by atoms with van der Waals surface area (Å²) in [6, 6.07) is 46.9. The van der Waals surface area contributed by atoms with Crippen LogP contribution in [0.1, 0.15) is 25.0 Å². The van der Waals surface area contributed by atoms with Crippen LogP contribution in [-0.2, 0) is 5.41 Å². The summed E-state index contributed by atoms with van der Waals surface area (Å²) < 4.78 is 5.22. The Morgan fingerprint density at radius 1 is 0.512 bits per heavy atom. The van der Waals surface area contributed by atoms with E-state index in [0.29, 0.717) is 0 Å². The van der Waals surface area contributed by atoms with Crippen molar-refractivity contribution in [1.29, 1.82) is 0 Å². The van der Waals surface area contributed by atoms with Crippen molar-refractivity contribution in [2.75, 3.05) is 0 Å². The molecule has 1 nitrogen and oxygen atoms in total. The molecule has 0 spiro atoms. The molecular formula is C39H27NS. The Balaban J connectivity index is 1.33. The summed E-state index contributed by atoms with van der Waals surface area (Å²) in [5, 5.41) is 5.38. The first-order valence-electron chi connectivity index (χ1n) is 14.3. The Morgan fingerprint density at radius 2 is 1.20 bits per heavy atom. The molecule has 0 unspecified atom stereocenters. The van der Waals surface area contributed by atoms with Crippen LogP contribution in [0, 0.1) is 0 Å². The van der Waals surface area contributed by atoms with Gasteiger partial charge in [0.2, 0.25) is 0 Å². The van der Waals surface area contributed by atoms with E-state index in [2.05, 4.69) is 146 Å². The smallest absolute Gasteiger partial charge is 0.0555 e. The molecule has 2 aromatic heterocycles. The van der Waals surface area contributed by atoms with Crippen LogP contribution in [0.3, 0.4) is 0 Å². The average molecular weight is 542 g/mol. The van der Waals surface area contributed by atoms with Gasteiger partial charge in [0.05, 0.1) is 11.0 Å². The molecular weight excluding hydrogens is 515 g/mol. The van der Waals surface area contributed by atoms with Gasteiger partial charge in [0.15, 0.2) is 0 Å². The van der Waals surface area contributed by atoms with E-state index in [0.717, 1.165) is 0 Å². The lowest BCUT2D eigenvalue weighted by molar-refractivity contribution is 0.661. The Kier molecular flexibility index (Phi) is 4.61. The van der Waals surface area contributed by atoms with E-state index in [4.69, 9.17) is 0 Å². The first-order valence-corrected chi connectivity index (χ1v) is 15.1. The van der Waals surface area contributed by atoms with Crippen LogP contribution in [0.25, 0.3) is 69.9 Å². The van der Waals surface area contributed by atoms with E-state index in [-0.39, 0.29) is 5.41 Å². The summed E-state index contributed by atoms with van der Waals surface area (Å²) >= 11 is 1.97. The van der Waals surface area contributed by atoms with E-state index >= 15 is 0 Å². The first kappa shape index (κ1) is 23.1. The minimum atomic E-state index is 0.00749. The van der Waals surface area contributed by atoms with E-state index in [1.54, 1.807) is 0 Å². The van der Waals surface area contributed by atoms with Crippen molar-refractivity contribution in [2.24, 2.45) is 0 Å². The van der Waals surface area contributed by atoms with Crippen molar-refractivity contribution >= 4 is 53.3 Å². The Labute approximate surface area is 242 Å². The first-order chi connectivity index (χ1) is 20.1. The van der Waals surface area contributed by atoms with Gasteiger partial charge < -0.3 is 4.57 Å². The van der Waals surface area contributed by atoms with Gasteiger partial charge in [-0.1, -0.05) is 117 Å². The van der Waals surface area contributed by atoms with E-state index in [1.807, 2.05) is 11.3 Å². The van der Waals surface area contributed by atoms with Gasteiger partial charge in [-0.05, 0) is 52.1 Å². The highest BCUT2D eigenvalue weighted by Gasteiger charge is 2.36. The predicted octanol–water partition coefficient (Wildman–Crippen LogP) is 11.1. The largest absolute Gasteiger partial charge is 0.309 e. The molecule has 8 aromatic rings. The van der Waals surface area contributed by atoms with Crippen molar-refractivity contribution in [2.45, 2.75) is 19.3 Å². The third kappa shape index (κ3) is 3.06. The van der Waals surface area contributed by atoms with Crippen LogP contribution in [0.15, 0.2) is 127 Å². The molecule has 0 saturated heterocycles. The summed E-state index contributed by atoms with van der Waals surface area (Å²) in [5.41, 5.74) is 11.9. The fourth-order valence-corrected chi connectivity index (χ4v) is 8.66. The molecule has 2 heteroatoms. The van der Waals surface area contributed by atoms with Crippen LogP contribution in [0.2, 0.25) is 0 Å². The molecule has 9 rings (SSSR count). The van der Waals surface area contributed by atoms with Crippen LogP contribution in [0.4, 0.5) is 0 Å². The number of thiophene rings is 1. The Morgan fingerprint density at radius 3 is 2.05 bits per heavy atom. The van der Waals surface area contributed by atoms with Crippen LogP contribution in [-0.4, -0.2) is 4.57 Å². The highest BCUT2D eigenvalue weighted by atomic mass is 32.1. The fraction of sp³-hybridized carbons (Fsp3) is 0.0769. The summed E-state index contributed by atoms with van der Waals surface area (Å²) in [6.45, 7) is 4.73. The van der Waals surface area contributed by atoms with Gasteiger partial charge in [-0.2, -0.15) is 0 Å². The predicted molar refractivity (Wildman–Crippen MR) is 177 cm³/mol. The number of hydrogen-bond acceptors (Lipinski definition) is 1. The highest BCUT2D eigenvalue weighted by Crippen LogP contribution is 2.54. The molecule has 0 bridgehead atoms. The molecule has 0 atom stereocenters. The van der Waals surface area contributed by atoms with Gasteiger partial charge >= 0.3 is 0 Å². The maximum atomic E-state index is 2.44. The minimum absolute atomic E-state index is 0.00749. The van der Waals surface area contributed by atoms with E-state index < -0.39 is 0 Å². The van der Waals surface area contributed by atoms with E-state index in [1.165, 1.54) is 81.0 Å². The Bertz CT molecular complexity index is 2310. The zero-order chi connectivity index (χ0) is 27.3. The normalized spacial score (nSPS) is 13.8. The Hall–Kier alpha value is -4.66. The summed E-state index contributed by atoms with van der Waals surface area (Å²) in [4.78, 5) is 0. The van der Waals surface area contributed by atoms with Crippen LogP contribution in [0.5, 0.6) is 0 Å². The number of para-hydroxylation sites is 1. The molecule has 0 radical (unpaired) electrons. The lowest BCUT2D eigenvalue weighted by atomic mass is 9.82. The topological polar surface area (TPSA) is 4.93 Å². The monoisotopic (exact) mass is 541 g/mol. The second-order valence-electron chi connectivity index (χ2n) is 11.7. The molecule has 1 aliphatic carbocycles. The zero-order valence-corrected chi connectivity index (χ0v) is 23.8. The maximum absolute atomic E-state index is 2.44. The van der Waals surface area contributed by atoms with Crippen molar-refractivity contribution < 1.29 is 0 Å². The third-order valence-electron chi connectivity index (χ3n) is 9.22. The number of benzene rings is 6. The molecule has 41 heavy (non-hydrogen) atoms. The molecule has 194 valence electrons. The molecule has 0 N–H and O–H groups in total. The summed E-state index contributed by atoms with van der Waals surface area (Å²) in [5.74, 6) is 0. The second kappa shape index (κ2) is 8.19. The van der Waals surface area contributed by atoms with Crippen molar-refractivity contribution in [3.8, 4) is 27.9 Å². The number of nitrogens with zero attached hydrogens (tertiary/aromatic N) is 1. The fourth-order valence-electron chi connectivity index (χ4n) is 7.24. The molecule has 2 heterocycles. The standard InChI is InChI=1S/C39H27NS/c1-39(2)31-14-8-6-12-29(31)35-32(39)22-20-27-28-21-23-34-36(38(28)41-37(27)35)30-13-7-9-15-33(30)40(34)26-18-16-25(17-19-26)24-10-4-3-5-11-24/h3-23H,1-2H3. The molecule has 0 aliphatic heterocycles. The van der Waals surface area contributed by atoms with Gasteiger partial charge in [-0.3, -0.25) is 0 Å². The molecule has 0 fully saturated rings. The number of fused-ring (bicyclic) bond motifs is 11. The van der Waals surface area contributed by atoms with Gasteiger partial charge in [0.1, 0.15) is 0 Å². The van der Waals surface area contributed by atoms with E-state index in [9.17, 15) is 0 Å². The van der Waals surface area contributed by atoms with Crippen molar-refractivity contribution in [3.63, 3.8) is 0 Å². The quantitative estimate of drug-likeness (QED) is 0.205. The van der Waals surface area contributed by atoms with Crippen LogP contribution < -0.4 is 0 Å². The number of hydrogen-bond donors (Lipinski definition) is 0. The molecule has 0 saturated carbocycles. The maximum Gasteiger partial charge on any atom is 0.0555 e. The highest BCUT2D eigenvalue weighted by molar-refractivity contribution is 7.27. The zero-order valence-electron chi connectivity index (χ0n) is 23.0.